The van der Waals surface area contributed by atoms with Crippen molar-refractivity contribution in [3.63, 3.8) is 0 Å². The number of carbonyl (C=O) groups excluding carboxylic acids is 1. The van der Waals surface area contributed by atoms with E-state index in [0.717, 1.165) is 51.1 Å². The number of esters is 1. The van der Waals surface area contributed by atoms with Gasteiger partial charge in [-0.15, -0.1) is 0 Å². The van der Waals surface area contributed by atoms with E-state index in [-0.39, 0.29) is 44.2 Å². The van der Waals surface area contributed by atoms with E-state index in [9.17, 15) is 15.0 Å². The summed E-state index contributed by atoms with van der Waals surface area (Å²) in [5.41, 5.74) is 0. The lowest BCUT2D eigenvalue weighted by Gasteiger charge is -2.44. The summed E-state index contributed by atoms with van der Waals surface area (Å²) in [7, 11) is 0.0577. The van der Waals surface area contributed by atoms with Gasteiger partial charge in [0.25, 0.3) is 0 Å². The van der Waals surface area contributed by atoms with Gasteiger partial charge in [0.05, 0.1) is 65.4 Å². The van der Waals surface area contributed by atoms with Crippen LogP contribution in [-0.2, 0) is 37.3 Å². The number of halogens is 1. The van der Waals surface area contributed by atoms with Gasteiger partial charge < -0.3 is 59.6 Å². The standard InChI is InChI=1S/C31H67N2O10Si2.ClH/c1-8-29(34)27-40-15-9-23-44(4,5)43-45(6,7)24-10-16-41-28-30(35)25-33(13-11-32(2)12-14-33)26-31(36)42-22-21-39-20-19-38-18-17-37-3;/h29-30,34-35H,8-28H2,1-7H3;1H/q+1;/p-1. The summed E-state index contributed by atoms with van der Waals surface area (Å²) in [5, 5.41) is 20.5. The second-order valence-corrected chi connectivity index (χ2v) is 22.4. The number of quaternary nitrogens is 1. The lowest BCUT2D eigenvalue weighted by Crippen LogP contribution is -3.00. The minimum Gasteiger partial charge on any atom is -1.00 e. The fourth-order valence-electron chi connectivity index (χ4n) is 5.50. The summed E-state index contributed by atoms with van der Waals surface area (Å²) >= 11 is 0. The minimum absolute atomic E-state index is 0. The van der Waals surface area contributed by atoms with Crippen molar-refractivity contribution in [1.82, 2.24) is 4.90 Å². The molecular weight excluding hydrogens is 652 g/mol. The van der Waals surface area contributed by atoms with E-state index in [1.165, 1.54) is 0 Å². The number of nitrogens with zero attached hydrogens (tertiary/aromatic N) is 2. The molecule has 1 fully saturated rings. The van der Waals surface area contributed by atoms with Gasteiger partial charge in [-0.1, -0.05) is 6.92 Å². The number of carbonyl (C=O) groups is 1. The second-order valence-electron chi connectivity index (χ2n) is 13.6. The average molecular weight is 720 g/mol. The van der Waals surface area contributed by atoms with Crippen LogP contribution >= 0.6 is 0 Å². The van der Waals surface area contributed by atoms with Gasteiger partial charge in [-0.25, -0.2) is 4.79 Å². The molecule has 0 spiro atoms. The molecule has 1 saturated heterocycles. The molecule has 2 atom stereocenters. The molecule has 46 heavy (non-hydrogen) atoms. The first-order valence-electron chi connectivity index (χ1n) is 16.9. The Hall–Kier alpha value is -0.206. The van der Waals surface area contributed by atoms with E-state index in [1.807, 2.05) is 6.92 Å². The Labute approximate surface area is 287 Å². The van der Waals surface area contributed by atoms with Crippen molar-refractivity contribution in [2.24, 2.45) is 0 Å². The Morgan fingerprint density at radius 1 is 0.783 bits per heavy atom. The fourth-order valence-corrected chi connectivity index (χ4v) is 14.3. The molecule has 0 aromatic carbocycles. The maximum atomic E-state index is 12.7. The van der Waals surface area contributed by atoms with Crippen LogP contribution in [0.1, 0.15) is 26.2 Å². The molecule has 2 N–H and O–H groups in total. The molecule has 0 amide bonds. The third-order valence-corrected chi connectivity index (χ3v) is 15.6. The molecule has 1 aliphatic rings. The maximum absolute atomic E-state index is 12.7. The lowest BCUT2D eigenvalue weighted by molar-refractivity contribution is -0.928. The van der Waals surface area contributed by atoms with Crippen molar-refractivity contribution >= 4 is 22.6 Å². The highest BCUT2D eigenvalue weighted by Gasteiger charge is 2.37. The van der Waals surface area contributed by atoms with Crippen molar-refractivity contribution < 1.29 is 64.4 Å². The molecule has 1 aliphatic heterocycles. The summed E-state index contributed by atoms with van der Waals surface area (Å²) in [6.45, 7) is 19.4. The summed E-state index contributed by atoms with van der Waals surface area (Å²) in [5.74, 6) is -0.269. The zero-order chi connectivity index (χ0) is 33.6. The number of rotatable bonds is 28. The summed E-state index contributed by atoms with van der Waals surface area (Å²) in [6.07, 6.45) is 1.53. The molecule has 0 aliphatic carbocycles. The molecule has 0 radical (unpaired) electrons. The first kappa shape index (κ1) is 45.8. The van der Waals surface area contributed by atoms with E-state index in [4.69, 9.17) is 32.5 Å². The molecule has 15 heteroatoms. The van der Waals surface area contributed by atoms with Crippen LogP contribution in [-0.4, -0.2) is 174 Å². The van der Waals surface area contributed by atoms with Crippen LogP contribution in [0.4, 0.5) is 0 Å². The highest BCUT2D eigenvalue weighted by atomic mass is 35.5. The Balaban J connectivity index is 0.0000202. The molecule has 0 bridgehead atoms. The molecule has 2 unspecified atom stereocenters. The highest BCUT2D eigenvalue weighted by Crippen LogP contribution is 2.24. The molecule has 12 nitrogen and oxygen atoms in total. The number of ether oxygens (including phenoxy) is 6. The van der Waals surface area contributed by atoms with Gasteiger partial charge in [-0.05, 0) is 64.6 Å². The first-order chi connectivity index (χ1) is 21.3. The largest absolute Gasteiger partial charge is 1.00 e. The number of aliphatic hydroxyl groups excluding tert-OH is 2. The van der Waals surface area contributed by atoms with Gasteiger partial charge in [0, 0.05) is 33.4 Å². The van der Waals surface area contributed by atoms with Gasteiger partial charge in [0.15, 0.2) is 23.2 Å². The molecule has 0 saturated carbocycles. The Morgan fingerprint density at radius 3 is 1.80 bits per heavy atom. The van der Waals surface area contributed by atoms with Gasteiger partial charge in [-0.3, -0.25) is 4.90 Å². The summed E-state index contributed by atoms with van der Waals surface area (Å²) in [6, 6.07) is 2.04. The third-order valence-electron chi connectivity index (χ3n) is 8.05. The summed E-state index contributed by atoms with van der Waals surface area (Å²) < 4.78 is 39.9. The summed E-state index contributed by atoms with van der Waals surface area (Å²) in [4.78, 5) is 15.0. The van der Waals surface area contributed by atoms with Crippen LogP contribution in [0.5, 0.6) is 0 Å². The number of hydrogen-bond donors (Lipinski definition) is 2. The predicted molar refractivity (Wildman–Crippen MR) is 181 cm³/mol. The van der Waals surface area contributed by atoms with E-state index < -0.39 is 22.7 Å². The van der Waals surface area contributed by atoms with Gasteiger partial charge in [0.2, 0.25) is 0 Å². The van der Waals surface area contributed by atoms with Crippen molar-refractivity contribution in [3.8, 4) is 0 Å². The maximum Gasteiger partial charge on any atom is 0.361 e. The van der Waals surface area contributed by atoms with Crippen LogP contribution < -0.4 is 12.4 Å². The molecule has 0 aromatic rings. The molecule has 1 rings (SSSR count). The third kappa shape index (κ3) is 23.2. The minimum atomic E-state index is -1.85. The van der Waals surface area contributed by atoms with Gasteiger partial charge >= 0.3 is 5.97 Å². The van der Waals surface area contributed by atoms with Crippen molar-refractivity contribution in [2.75, 3.05) is 119 Å². The topological polar surface area (TPSA) is 125 Å². The van der Waals surface area contributed by atoms with Crippen LogP contribution in [0, 0.1) is 0 Å². The normalized spacial score (nSPS) is 17.0. The quantitative estimate of drug-likeness (QED) is 0.0464. The number of likely N-dealkylation sites (N-methyl/N-ethyl adjacent to an activating group) is 1. The van der Waals surface area contributed by atoms with Crippen LogP contribution in [0.3, 0.4) is 0 Å². The fraction of sp³-hybridized carbons (Fsp3) is 0.968. The Morgan fingerprint density at radius 2 is 1.28 bits per heavy atom. The van der Waals surface area contributed by atoms with Crippen LogP contribution in [0.2, 0.25) is 38.3 Å². The van der Waals surface area contributed by atoms with Crippen molar-refractivity contribution in [2.45, 2.75) is 76.7 Å². The molecule has 276 valence electrons. The zero-order valence-electron chi connectivity index (χ0n) is 29.9. The van der Waals surface area contributed by atoms with E-state index in [2.05, 4.69) is 38.1 Å². The highest BCUT2D eigenvalue weighted by molar-refractivity contribution is 6.84. The van der Waals surface area contributed by atoms with E-state index in [1.54, 1.807) is 7.11 Å². The smallest absolute Gasteiger partial charge is 0.361 e. The average Bonchev–Trinajstić information content (AvgIpc) is 2.96. The second kappa shape index (κ2) is 25.7. The number of methoxy groups -OCH3 is 1. The number of hydrogen-bond acceptors (Lipinski definition) is 11. The Kier molecular flexibility index (Phi) is 25.6. The number of aliphatic hydroxyl groups is 2. The first-order valence-corrected chi connectivity index (χ1v) is 23.1. The molecular formula is C31H67ClN2O10Si2. The SMILES string of the molecule is CCC(O)COCCC[Si](C)(C)O[Si](C)(C)CCCOCC(O)C[N+]1(CC(=O)OCCOCCOCCOC)CCN(C)CC1.[Cl-]. The molecule has 0 aromatic heterocycles. The lowest BCUT2D eigenvalue weighted by atomic mass is 10.2. The predicted octanol–water partition coefficient (Wildman–Crippen LogP) is -0.653. The van der Waals surface area contributed by atoms with Crippen molar-refractivity contribution in [3.05, 3.63) is 0 Å². The van der Waals surface area contributed by atoms with E-state index >= 15 is 0 Å². The van der Waals surface area contributed by atoms with Crippen LogP contribution in [0.15, 0.2) is 0 Å². The molecule has 1 heterocycles. The Bertz CT molecular complexity index is 765. The monoisotopic (exact) mass is 718 g/mol. The number of piperazine rings is 1. The zero-order valence-corrected chi connectivity index (χ0v) is 32.7. The van der Waals surface area contributed by atoms with E-state index in [0.29, 0.717) is 70.3 Å². The van der Waals surface area contributed by atoms with Crippen molar-refractivity contribution in [1.29, 1.82) is 0 Å². The van der Waals surface area contributed by atoms with Gasteiger partial charge in [-0.2, -0.15) is 0 Å². The van der Waals surface area contributed by atoms with Crippen LogP contribution in [0.25, 0.3) is 0 Å². The van der Waals surface area contributed by atoms with Gasteiger partial charge in [0.1, 0.15) is 19.3 Å².